The van der Waals surface area contributed by atoms with Gasteiger partial charge in [-0.1, -0.05) is 32.9 Å². The highest BCUT2D eigenvalue weighted by Crippen LogP contribution is 2.52. The highest BCUT2D eigenvalue weighted by atomic mass is 16.5. The van der Waals surface area contributed by atoms with Crippen LogP contribution in [0.3, 0.4) is 0 Å². The number of aliphatic hydroxyl groups excluding tert-OH is 1. The van der Waals surface area contributed by atoms with E-state index >= 15 is 0 Å². The third kappa shape index (κ3) is 2.88. The van der Waals surface area contributed by atoms with Crippen molar-refractivity contribution in [3.8, 4) is 0 Å². The van der Waals surface area contributed by atoms with Crippen LogP contribution in [0.15, 0.2) is 12.2 Å². The minimum atomic E-state index is -0.120. The van der Waals surface area contributed by atoms with E-state index in [4.69, 9.17) is 9.84 Å². The Morgan fingerprint density at radius 2 is 2.00 bits per heavy atom. The predicted octanol–water partition coefficient (Wildman–Crippen LogP) is 2.06. The van der Waals surface area contributed by atoms with E-state index in [2.05, 4.69) is 31.4 Å². The van der Waals surface area contributed by atoms with Crippen molar-refractivity contribution in [1.82, 2.24) is 10.6 Å². The molecule has 3 N–H and O–H groups in total. The molecule has 2 aliphatic rings. The quantitative estimate of drug-likeness (QED) is 0.658. The van der Waals surface area contributed by atoms with Gasteiger partial charge in [0.1, 0.15) is 0 Å². The van der Waals surface area contributed by atoms with E-state index in [1.54, 1.807) is 7.11 Å². The van der Waals surface area contributed by atoms with Gasteiger partial charge in [-0.05, 0) is 19.3 Å². The molecule has 126 valence electrons. The van der Waals surface area contributed by atoms with Crippen LogP contribution in [0, 0.1) is 17.3 Å². The minimum absolute atomic E-state index is 0.0170. The standard InChI is InChI=1S/C17H30N2O3/c1-5-17(6-2)14(11(3)15(17)22-4)19-16(21)18-13-8-7-12(9-13)10-20/h7-8,11-15,20H,5-6,9-10H2,1-4H3,(H2,18,19,21)/t11-,12-,13+,14+,15+/m0/s1. The molecule has 5 heteroatoms. The van der Waals surface area contributed by atoms with Gasteiger partial charge in [0, 0.05) is 43.1 Å². The molecule has 22 heavy (non-hydrogen) atoms. The van der Waals surface area contributed by atoms with E-state index in [9.17, 15) is 4.79 Å². The Kier molecular flexibility index (Phi) is 5.50. The van der Waals surface area contributed by atoms with Gasteiger partial charge in [-0.2, -0.15) is 0 Å². The second-order valence-corrected chi connectivity index (χ2v) is 6.72. The molecule has 0 aromatic rings. The van der Waals surface area contributed by atoms with E-state index in [-0.39, 0.29) is 42.2 Å². The summed E-state index contributed by atoms with van der Waals surface area (Å²) in [6.45, 7) is 6.61. The van der Waals surface area contributed by atoms with Crippen molar-refractivity contribution < 1.29 is 14.6 Å². The Bertz CT molecular complexity index is 420. The monoisotopic (exact) mass is 310 g/mol. The van der Waals surface area contributed by atoms with Gasteiger partial charge in [0.15, 0.2) is 0 Å². The van der Waals surface area contributed by atoms with Crippen molar-refractivity contribution in [2.75, 3.05) is 13.7 Å². The molecule has 2 aliphatic carbocycles. The number of hydrogen-bond donors (Lipinski definition) is 3. The average molecular weight is 310 g/mol. The van der Waals surface area contributed by atoms with Crippen molar-refractivity contribution in [1.29, 1.82) is 0 Å². The minimum Gasteiger partial charge on any atom is -0.396 e. The van der Waals surface area contributed by atoms with E-state index < -0.39 is 0 Å². The van der Waals surface area contributed by atoms with E-state index in [1.165, 1.54) is 0 Å². The molecule has 5 atom stereocenters. The maximum atomic E-state index is 12.3. The molecule has 5 nitrogen and oxygen atoms in total. The number of methoxy groups -OCH3 is 1. The molecule has 0 aromatic carbocycles. The van der Waals surface area contributed by atoms with Gasteiger partial charge in [-0.3, -0.25) is 0 Å². The summed E-state index contributed by atoms with van der Waals surface area (Å²) in [4.78, 5) is 12.3. The zero-order valence-electron chi connectivity index (χ0n) is 14.1. The molecule has 2 amide bonds. The lowest BCUT2D eigenvalue weighted by Crippen LogP contribution is -2.70. The third-order valence-corrected chi connectivity index (χ3v) is 5.77. The topological polar surface area (TPSA) is 70.6 Å². The van der Waals surface area contributed by atoms with Crippen molar-refractivity contribution in [2.45, 2.75) is 58.2 Å². The Morgan fingerprint density at radius 3 is 2.50 bits per heavy atom. The van der Waals surface area contributed by atoms with Gasteiger partial charge in [-0.25, -0.2) is 4.79 Å². The van der Waals surface area contributed by atoms with Gasteiger partial charge < -0.3 is 20.5 Å². The number of nitrogens with one attached hydrogen (secondary N) is 2. The van der Waals surface area contributed by atoms with Gasteiger partial charge in [0.05, 0.1) is 6.10 Å². The zero-order valence-corrected chi connectivity index (χ0v) is 14.1. The molecule has 0 spiro atoms. The van der Waals surface area contributed by atoms with Crippen molar-refractivity contribution >= 4 is 6.03 Å². The Hall–Kier alpha value is -1.07. The number of aliphatic hydroxyl groups is 1. The fourth-order valence-corrected chi connectivity index (χ4v) is 4.47. The Balaban J connectivity index is 1.92. The summed E-state index contributed by atoms with van der Waals surface area (Å²) in [6, 6.07) is 0.0424. The van der Waals surface area contributed by atoms with Gasteiger partial charge >= 0.3 is 6.03 Å². The molecule has 0 radical (unpaired) electrons. The fourth-order valence-electron chi connectivity index (χ4n) is 4.47. The molecule has 0 aromatic heterocycles. The van der Waals surface area contributed by atoms with E-state index in [0.29, 0.717) is 5.92 Å². The Morgan fingerprint density at radius 1 is 1.32 bits per heavy atom. The van der Waals surface area contributed by atoms with Crippen LogP contribution in [-0.4, -0.2) is 43.0 Å². The van der Waals surface area contributed by atoms with Crippen molar-refractivity contribution in [3.63, 3.8) is 0 Å². The number of rotatable bonds is 6. The van der Waals surface area contributed by atoms with Crippen LogP contribution in [0.5, 0.6) is 0 Å². The van der Waals surface area contributed by atoms with E-state index in [0.717, 1.165) is 19.3 Å². The molecule has 0 unspecified atom stereocenters. The molecule has 0 heterocycles. The average Bonchev–Trinajstić information content (AvgIpc) is 2.97. The normalized spacial score (nSPS) is 36.0. The molecule has 0 saturated heterocycles. The first-order valence-electron chi connectivity index (χ1n) is 8.41. The lowest BCUT2D eigenvalue weighted by Gasteiger charge is -2.59. The van der Waals surface area contributed by atoms with Crippen LogP contribution in [0.4, 0.5) is 4.79 Å². The van der Waals surface area contributed by atoms with Gasteiger partial charge in [0.2, 0.25) is 0 Å². The summed E-state index contributed by atoms with van der Waals surface area (Å²) in [7, 11) is 1.76. The molecule has 2 rings (SSSR count). The van der Waals surface area contributed by atoms with Crippen molar-refractivity contribution in [2.24, 2.45) is 17.3 Å². The number of carbonyl (C=O) groups excluding carboxylic acids is 1. The largest absolute Gasteiger partial charge is 0.396 e. The van der Waals surface area contributed by atoms with Gasteiger partial charge in [-0.15, -0.1) is 0 Å². The van der Waals surface area contributed by atoms with Crippen LogP contribution in [-0.2, 0) is 4.74 Å². The molecule has 0 aliphatic heterocycles. The first kappa shape index (κ1) is 17.3. The first-order chi connectivity index (χ1) is 10.5. The van der Waals surface area contributed by atoms with Crippen LogP contribution in [0.2, 0.25) is 0 Å². The molecule has 1 saturated carbocycles. The number of amides is 2. The molecular weight excluding hydrogens is 280 g/mol. The molecule has 1 fully saturated rings. The zero-order chi connectivity index (χ0) is 16.3. The lowest BCUT2D eigenvalue weighted by molar-refractivity contribution is -0.164. The summed E-state index contributed by atoms with van der Waals surface area (Å²) in [5.41, 5.74) is 0.0324. The number of urea groups is 1. The smallest absolute Gasteiger partial charge is 0.315 e. The fraction of sp³-hybridized carbons (Fsp3) is 0.824. The predicted molar refractivity (Wildman–Crippen MR) is 86.6 cm³/mol. The Labute approximate surface area is 133 Å². The summed E-state index contributed by atoms with van der Waals surface area (Å²) in [6.07, 6.45) is 6.91. The second kappa shape index (κ2) is 7.01. The third-order valence-electron chi connectivity index (χ3n) is 5.77. The summed E-state index contributed by atoms with van der Waals surface area (Å²) in [5, 5.41) is 15.3. The van der Waals surface area contributed by atoms with Crippen LogP contribution < -0.4 is 10.6 Å². The van der Waals surface area contributed by atoms with Crippen LogP contribution in [0.25, 0.3) is 0 Å². The molecule has 0 bridgehead atoms. The lowest BCUT2D eigenvalue weighted by atomic mass is 9.53. The second-order valence-electron chi connectivity index (χ2n) is 6.72. The van der Waals surface area contributed by atoms with Crippen LogP contribution in [0.1, 0.15) is 40.0 Å². The highest BCUT2D eigenvalue weighted by Gasteiger charge is 2.58. The summed E-state index contributed by atoms with van der Waals surface area (Å²) in [5.74, 6) is 0.483. The maximum Gasteiger partial charge on any atom is 0.315 e. The first-order valence-corrected chi connectivity index (χ1v) is 8.41. The summed E-state index contributed by atoms with van der Waals surface area (Å²) >= 11 is 0. The van der Waals surface area contributed by atoms with Crippen molar-refractivity contribution in [3.05, 3.63) is 12.2 Å². The highest BCUT2D eigenvalue weighted by molar-refractivity contribution is 5.75. The molecular formula is C17H30N2O3. The summed E-state index contributed by atoms with van der Waals surface area (Å²) < 4.78 is 5.66. The van der Waals surface area contributed by atoms with E-state index in [1.807, 2.05) is 12.2 Å². The van der Waals surface area contributed by atoms with Gasteiger partial charge in [0.25, 0.3) is 0 Å². The maximum absolute atomic E-state index is 12.3. The van der Waals surface area contributed by atoms with Crippen LogP contribution >= 0.6 is 0 Å². The SMILES string of the molecule is CCC1(CC)[C@H](NC(=O)N[C@@H]2C=C[C@H](CO)C2)[C@H](C)[C@H]1OC. The number of carbonyl (C=O) groups is 1. The number of hydrogen-bond acceptors (Lipinski definition) is 3. The number of ether oxygens (including phenoxy) is 1.